The SMILES string of the molecule is OC(Cc1c(F)c(F)c(F)c(F)c1F)c1c(F)c(F)c(F)c(F)c1F. The number of rotatable bonds is 3. The summed E-state index contributed by atoms with van der Waals surface area (Å²) in [6.07, 6.45) is -4.44. The first-order valence-corrected chi connectivity index (χ1v) is 6.20. The number of halogens is 10. The molecule has 0 aliphatic carbocycles. The largest absolute Gasteiger partial charge is 0.388 e. The predicted molar refractivity (Wildman–Crippen MR) is 61.1 cm³/mol. The first kappa shape index (κ1) is 19.0. The molecule has 0 heterocycles. The Balaban J connectivity index is 2.58. The average molecular weight is 378 g/mol. The molecule has 0 amide bonds. The zero-order valence-corrected chi connectivity index (χ0v) is 11.5. The Morgan fingerprint density at radius 3 is 1.12 bits per heavy atom. The van der Waals surface area contributed by atoms with Crippen LogP contribution in [0.1, 0.15) is 17.2 Å². The van der Waals surface area contributed by atoms with Crippen LogP contribution in [0.4, 0.5) is 43.9 Å². The fraction of sp³-hybridized carbons (Fsp3) is 0.143. The van der Waals surface area contributed by atoms with E-state index in [-0.39, 0.29) is 0 Å². The van der Waals surface area contributed by atoms with Crippen molar-refractivity contribution in [3.05, 3.63) is 69.3 Å². The molecule has 1 unspecified atom stereocenters. The summed E-state index contributed by atoms with van der Waals surface area (Å²) < 4.78 is 132. The van der Waals surface area contributed by atoms with E-state index in [0.29, 0.717) is 0 Å². The van der Waals surface area contributed by atoms with Crippen molar-refractivity contribution in [2.45, 2.75) is 12.5 Å². The van der Waals surface area contributed by atoms with Crippen molar-refractivity contribution in [2.75, 3.05) is 0 Å². The molecule has 2 aromatic carbocycles. The summed E-state index contributed by atoms with van der Waals surface area (Å²) in [5.74, 6) is -24.6. The van der Waals surface area contributed by atoms with Gasteiger partial charge in [0.2, 0.25) is 11.6 Å². The number of benzene rings is 2. The topological polar surface area (TPSA) is 20.2 Å². The summed E-state index contributed by atoms with van der Waals surface area (Å²) >= 11 is 0. The van der Waals surface area contributed by atoms with Crippen molar-refractivity contribution in [2.24, 2.45) is 0 Å². The summed E-state index contributed by atoms with van der Waals surface area (Å²) in [5.41, 5.74) is -3.56. The summed E-state index contributed by atoms with van der Waals surface area (Å²) in [5, 5.41) is 9.57. The highest BCUT2D eigenvalue weighted by atomic mass is 19.2. The summed E-state index contributed by atoms with van der Waals surface area (Å²) in [4.78, 5) is 0. The van der Waals surface area contributed by atoms with E-state index in [1.807, 2.05) is 0 Å². The van der Waals surface area contributed by atoms with Gasteiger partial charge in [0, 0.05) is 12.0 Å². The summed E-state index contributed by atoms with van der Waals surface area (Å²) in [6.45, 7) is 0. The number of aliphatic hydroxyl groups excluding tert-OH is 1. The van der Waals surface area contributed by atoms with Crippen LogP contribution in [0.3, 0.4) is 0 Å². The first-order valence-electron chi connectivity index (χ1n) is 6.20. The van der Waals surface area contributed by atoms with E-state index in [4.69, 9.17) is 0 Å². The van der Waals surface area contributed by atoms with Crippen LogP contribution in [-0.2, 0) is 6.42 Å². The normalized spacial score (nSPS) is 12.6. The molecule has 11 heteroatoms. The Labute approximate surface area is 132 Å². The smallest absolute Gasteiger partial charge is 0.200 e. The zero-order chi connectivity index (χ0) is 19.2. The molecule has 2 aromatic rings. The van der Waals surface area contributed by atoms with Crippen LogP contribution < -0.4 is 0 Å². The minimum Gasteiger partial charge on any atom is -0.388 e. The summed E-state index contributed by atoms with van der Waals surface area (Å²) in [6, 6.07) is 0. The lowest BCUT2D eigenvalue weighted by atomic mass is 9.98. The van der Waals surface area contributed by atoms with Crippen LogP contribution in [0.25, 0.3) is 0 Å². The zero-order valence-electron chi connectivity index (χ0n) is 11.5. The maximum Gasteiger partial charge on any atom is 0.200 e. The van der Waals surface area contributed by atoms with Gasteiger partial charge in [-0.05, 0) is 0 Å². The highest BCUT2D eigenvalue weighted by Gasteiger charge is 2.32. The summed E-state index contributed by atoms with van der Waals surface area (Å²) in [7, 11) is 0. The van der Waals surface area contributed by atoms with E-state index in [2.05, 4.69) is 0 Å². The molecule has 0 spiro atoms. The molecule has 0 fully saturated rings. The Kier molecular flexibility index (Phi) is 4.98. The van der Waals surface area contributed by atoms with Gasteiger partial charge in [0.05, 0.1) is 11.7 Å². The molecule has 0 bridgehead atoms. The lowest BCUT2D eigenvalue weighted by Gasteiger charge is -2.16. The van der Waals surface area contributed by atoms with Gasteiger partial charge >= 0.3 is 0 Å². The van der Waals surface area contributed by atoms with Crippen LogP contribution in [-0.4, -0.2) is 5.11 Å². The second kappa shape index (κ2) is 6.54. The Bertz CT molecular complexity index is 806. The monoisotopic (exact) mass is 378 g/mol. The molecule has 0 saturated carbocycles. The number of hydrogen-bond acceptors (Lipinski definition) is 1. The van der Waals surface area contributed by atoms with Crippen molar-refractivity contribution in [1.29, 1.82) is 0 Å². The van der Waals surface area contributed by atoms with Gasteiger partial charge in [-0.15, -0.1) is 0 Å². The Hall–Kier alpha value is -2.30. The van der Waals surface area contributed by atoms with Gasteiger partial charge in [-0.25, -0.2) is 43.9 Å². The van der Waals surface area contributed by atoms with Gasteiger partial charge in [0.1, 0.15) is 0 Å². The van der Waals surface area contributed by atoms with E-state index in [9.17, 15) is 49.0 Å². The minimum atomic E-state index is -2.79. The molecule has 0 aliphatic rings. The van der Waals surface area contributed by atoms with Crippen LogP contribution in [0.5, 0.6) is 0 Å². The lowest BCUT2D eigenvalue weighted by molar-refractivity contribution is 0.160. The minimum absolute atomic E-state index is 1.65. The van der Waals surface area contributed by atoms with Gasteiger partial charge < -0.3 is 5.11 Å². The van der Waals surface area contributed by atoms with Gasteiger partial charge in [0.25, 0.3) is 0 Å². The third-order valence-corrected chi connectivity index (χ3v) is 3.28. The first-order chi connectivity index (χ1) is 11.5. The molecule has 1 atom stereocenters. The molecular weight excluding hydrogens is 374 g/mol. The van der Waals surface area contributed by atoms with Gasteiger partial charge in [-0.3, -0.25) is 0 Å². The highest BCUT2D eigenvalue weighted by molar-refractivity contribution is 5.30. The molecular formula is C14H4F10O. The molecule has 1 nitrogen and oxygen atoms in total. The molecule has 0 saturated heterocycles. The number of hydrogen-bond donors (Lipinski definition) is 1. The molecule has 136 valence electrons. The van der Waals surface area contributed by atoms with Gasteiger partial charge in [-0.1, -0.05) is 0 Å². The van der Waals surface area contributed by atoms with Crippen LogP contribution in [0.2, 0.25) is 0 Å². The van der Waals surface area contributed by atoms with Gasteiger partial charge in [0.15, 0.2) is 46.5 Å². The van der Waals surface area contributed by atoms with E-state index in [1.165, 1.54) is 0 Å². The molecule has 0 aromatic heterocycles. The molecule has 25 heavy (non-hydrogen) atoms. The highest BCUT2D eigenvalue weighted by Crippen LogP contribution is 2.32. The van der Waals surface area contributed by atoms with Gasteiger partial charge in [-0.2, -0.15) is 0 Å². The third kappa shape index (κ3) is 2.92. The molecule has 0 aliphatic heterocycles. The fourth-order valence-electron chi connectivity index (χ4n) is 2.04. The van der Waals surface area contributed by atoms with Crippen LogP contribution in [0.15, 0.2) is 0 Å². The van der Waals surface area contributed by atoms with Crippen LogP contribution >= 0.6 is 0 Å². The molecule has 1 N–H and O–H groups in total. The average Bonchev–Trinajstić information content (AvgIpc) is 2.58. The van der Waals surface area contributed by atoms with E-state index in [1.54, 1.807) is 0 Å². The van der Waals surface area contributed by atoms with Crippen molar-refractivity contribution in [3.8, 4) is 0 Å². The van der Waals surface area contributed by atoms with E-state index in [0.717, 1.165) is 0 Å². The fourth-order valence-corrected chi connectivity index (χ4v) is 2.04. The maximum atomic E-state index is 13.5. The maximum absolute atomic E-state index is 13.5. The van der Waals surface area contributed by atoms with E-state index < -0.39 is 81.8 Å². The molecule has 2 rings (SSSR count). The van der Waals surface area contributed by atoms with Crippen molar-refractivity contribution in [1.82, 2.24) is 0 Å². The standard InChI is InChI=1S/C14H4F10O/c15-5-2(6(16)10(20)13(23)9(5)19)1-3(25)4-7(17)11(21)14(24)12(22)8(4)18/h3,25H,1H2. The quantitative estimate of drug-likeness (QED) is 0.478. The number of aliphatic hydroxyl groups is 1. The third-order valence-electron chi connectivity index (χ3n) is 3.28. The van der Waals surface area contributed by atoms with Crippen molar-refractivity contribution >= 4 is 0 Å². The Morgan fingerprint density at radius 1 is 0.480 bits per heavy atom. The Morgan fingerprint density at radius 2 is 0.760 bits per heavy atom. The second-order valence-electron chi connectivity index (χ2n) is 4.75. The molecule has 0 radical (unpaired) electrons. The second-order valence-corrected chi connectivity index (χ2v) is 4.75. The van der Waals surface area contributed by atoms with Crippen LogP contribution in [0, 0.1) is 58.2 Å². The van der Waals surface area contributed by atoms with Crippen molar-refractivity contribution in [3.63, 3.8) is 0 Å². The lowest BCUT2D eigenvalue weighted by Crippen LogP contribution is -2.16. The van der Waals surface area contributed by atoms with E-state index >= 15 is 0 Å². The predicted octanol–water partition coefficient (Wildman–Crippen LogP) is 4.35. The van der Waals surface area contributed by atoms with Crippen molar-refractivity contribution < 1.29 is 49.0 Å².